The minimum Gasteiger partial charge on any atom is -0.330 e. The maximum absolute atomic E-state index is 5.43. The molecule has 116 valence electrons. The van der Waals surface area contributed by atoms with Gasteiger partial charge in [0.15, 0.2) is 7.12 Å². The molecule has 0 amide bonds. The van der Waals surface area contributed by atoms with Crippen molar-refractivity contribution in [1.29, 1.82) is 0 Å². The van der Waals surface area contributed by atoms with Gasteiger partial charge < -0.3 is 16.4 Å². The molecule has 0 bridgehead atoms. The van der Waals surface area contributed by atoms with E-state index in [1.807, 2.05) is 0 Å². The Kier molecular flexibility index (Phi) is 14.0. The molecule has 0 aliphatic heterocycles. The van der Waals surface area contributed by atoms with Crippen molar-refractivity contribution in [2.24, 2.45) is 5.73 Å². The molecule has 1 atom stereocenters. The van der Waals surface area contributed by atoms with Crippen LogP contribution in [0.1, 0.15) is 32.6 Å². The Bertz CT molecular complexity index is 197. The SMILES string of the molecule is BS(S)(CC)NCCCNCCCCNCCCN. The van der Waals surface area contributed by atoms with Crippen LogP contribution in [-0.2, 0) is 0 Å². The van der Waals surface area contributed by atoms with Crippen LogP contribution >= 0.6 is 20.8 Å². The van der Waals surface area contributed by atoms with Crippen LogP contribution in [0.3, 0.4) is 0 Å². The number of hydrogen-bond donors (Lipinski definition) is 5. The van der Waals surface area contributed by atoms with Crippen molar-refractivity contribution >= 4 is 27.9 Å². The zero-order chi connectivity index (χ0) is 14.4. The highest BCUT2D eigenvalue weighted by Crippen LogP contribution is 2.42. The van der Waals surface area contributed by atoms with Crippen molar-refractivity contribution in [2.45, 2.75) is 32.6 Å². The molecule has 0 aliphatic rings. The van der Waals surface area contributed by atoms with Gasteiger partial charge in [-0.05, 0) is 64.2 Å². The van der Waals surface area contributed by atoms with E-state index in [4.69, 9.17) is 5.73 Å². The van der Waals surface area contributed by atoms with Gasteiger partial charge in [-0.2, -0.15) is 9.10 Å². The van der Waals surface area contributed by atoms with E-state index in [0.29, 0.717) is 0 Å². The molecular weight excluding hydrogens is 275 g/mol. The van der Waals surface area contributed by atoms with E-state index >= 15 is 0 Å². The first kappa shape index (κ1) is 19.6. The maximum atomic E-state index is 5.43. The number of thiol groups is 1. The summed E-state index contributed by atoms with van der Waals surface area (Å²) in [6.45, 7) is 8.43. The minimum absolute atomic E-state index is 0.785. The van der Waals surface area contributed by atoms with Crippen LogP contribution in [0.15, 0.2) is 0 Å². The Morgan fingerprint density at radius 3 is 2.00 bits per heavy atom. The predicted octanol–water partition coefficient (Wildman–Crippen LogP) is 0.407. The average molecular weight is 308 g/mol. The summed E-state index contributed by atoms with van der Waals surface area (Å²) in [5, 5.41) is 6.89. The molecule has 0 aromatic rings. The van der Waals surface area contributed by atoms with Crippen LogP contribution in [0.25, 0.3) is 0 Å². The van der Waals surface area contributed by atoms with Gasteiger partial charge in [-0.15, -0.1) is 11.7 Å². The summed E-state index contributed by atoms with van der Waals surface area (Å²) >= 11 is 4.63. The average Bonchev–Trinajstić information content (AvgIpc) is 2.40. The third kappa shape index (κ3) is 14.8. The third-order valence-electron chi connectivity index (χ3n) is 3.02. The third-order valence-corrected chi connectivity index (χ3v) is 6.13. The van der Waals surface area contributed by atoms with Gasteiger partial charge in [0.1, 0.15) is 0 Å². The van der Waals surface area contributed by atoms with E-state index in [-0.39, 0.29) is 0 Å². The molecule has 4 nitrogen and oxygen atoms in total. The van der Waals surface area contributed by atoms with Gasteiger partial charge in [-0.25, -0.2) is 0 Å². The highest BCUT2D eigenvalue weighted by Gasteiger charge is 2.07. The number of nitrogens with two attached hydrogens (primary N) is 1. The molecule has 0 spiro atoms. The molecule has 0 saturated carbocycles. The highest BCUT2D eigenvalue weighted by atomic mass is 33.1. The zero-order valence-corrected chi connectivity index (χ0v) is 14.4. The lowest BCUT2D eigenvalue weighted by atomic mass is 10.3. The van der Waals surface area contributed by atoms with Gasteiger partial charge in [0.05, 0.1) is 0 Å². The van der Waals surface area contributed by atoms with E-state index in [1.54, 1.807) is 0 Å². The fourth-order valence-corrected chi connectivity index (χ4v) is 2.65. The molecule has 7 heteroatoms. The molecule has 19 heavy (non-hydrogen) atoms. The first-order valence-corrected chi connectivity index (χ1v) is 10.7. The molecule has 0 radical (unpaired) electrons. The topological polar surface area (TPSA) is 62.1 Å². The predicted molar refractivity (Wildman–Crippen MR) is 96.9 cm³/mol. The van der Waals surface area contributed by atoms with Gasteiger partial charge in [-0.3, -0.25) is 4.72 Å². The van der Waals surface area contributed by atoms with E-state index in [0.717, 1.165) is 51.4 Å². The second-order valence-corrected chi connectivity index (χ2v) is 10.3. The smallest absolute Gasteiger partial charge is 0.182 e. The first-order chi connectivity index (χ1) is 9.12. The van der Waals surface area contributed by atoms with Crippen molar-refractivity contribution in [1.82, 2.24) is 15.4 Å². The largest absolute Gasteiger partial charge is 0.330 e. The molecule has 0 rings (SSSR count). The lowest BCUT2D eigenvalue weighted by Crippen LogP contribution is -2.25. The molecule has 0 heterocycles. The van der Waals surface area contributed by atoms with Crippen LogP contribution < -0.4 is 21.1 Å². The number of unbranched alkanes of at least 4 members (excludes halogenated alkanes) is 1. The molecule has 0 aliphatic carbocycles. The lowest BCUT2D eigenvalue weighted by molar-refractivity contribution is 0.568. The van der Waals surface area contributed by atoms with Crippen LogP contribution in [0.5, 0.6) is 0 Å². The summed E-state index contributed by atoms with van der Waals surface area (Å²) < 4.78 is 3.53. The molecule has 0 fully saturated rings. The normalized spacial score (nSPS) is 16.2. The Morgan fingerprint density at radius 2 is 1.47 bits per heavy atom. The van der Waals surface area contributed by atoms with Crippen molar-refractivity contribution < 1.29 is 0 Å². The Morgan fingerprint density at radius 1 is 0.947 bits per heavy atom. The fraction of sp³-hybridized carbons (Fsp3) is 1.00. The summed E-state index contributed by atoms with van der Waals surface area (Å²) in [7, 11) is 1.38. The second-order valence-electron chi connectivity index (χ2n) is 4.93. The van der Waals surface area contributed by atoms with Gasteiger partial charge in [0, 0.05) is 6.54 Å². The van der Waals surface area contributed by atoms with E-state index in [9.17, 15) is 0 Å². The van der Waals surface area contributed by atoms with Crippen LogP contribution in [-0.4, -0.2) is 52.1 Å². The van der Waals surface area contributed by atoms with Crippen LogP contribution in [0.4, 0.5) is 0 Å². The summed E-state index contributed by atoms with van der Waals surface area (Å²) in [5.41, 5.74) is 5.43. The van der Waals surface area contributed by atoms with E-state index in [1.165, 1.54) is 19.3 Å². The molecule has 1 unspecified atom stereocenters. The summed E-state index contributed by atoms with van der Waals surface area (Å²) in [4.78, 5) is 0. The van der Waals surface area contributed by atoms with Crippen molar-refractivity contribution in [3.05, 3.63) is 0 Å². The number of hydrogen-bond acceptors (Lipinski definition) is 5. The fourth-order valence-electron chi connectivity index (χ4n) is 1.58. The van der Waals surface area contributed by atoms with E-state index in [2.05, 4.69) is 41.1 Å². The monoisotopic (exact) mass is 308 g/mol. The molecule has 0 aromatic heterocycles. The quantitative estimate of drug-likeness (QED) is 0.140. The maximum Gasteiger partial charge on any atom is 0.182 e. The first-order valence-electron chi connectivity index (χ1n) is 7.47. The Hall–Kier alpha value is 0.605. The molecule has 5 N–H and O–H groups in total. The molecular formula is C12H33BN4S2. The van der Waals surface area contributed by atoms with Crippen molar-refractivity contribution in [3.63, 3.8) is 0 Å². The molecule has 0 saturated heterocycles. The molecule has 0 aromatic carbocycles. The van der Waals surface area contributed by atoms with Crippen LogP contribution in [0.2, 0.25) is 0 Å². The second kappa shape index (κ2) is 13.6. The van der Waals surface area contributed by atoms with Crippen molar-refractivity contribution in [3.8, 4) is 0 Å². The summed E-state index contributed by atoms with van der Waals surface area (Å²) in [6.07, 6.45) is 4.74. The van der Waals surface area contributed by atoms with Gasteiger partial charge in [0.2, 0.25) is 0 Å². The lowest BCUT2D eigenvalue weighted by Gasteiger charge is -2.30. The number of nitrogens with one attached hydrogen (secondary N) is 3. The Balaban J connectivity index is 3.07. The Labute approximate surface area is 127 Å². The van der Waals surface area contributed by atoms with Gasteiger partial charge in [-0.1, -0.05) is 6.92 Å². The van der Waals surface area contributed by atoms with Crippen molar-refractivity contribution in [2.75, 3.05) is 45.0 Å². The summed E-state index contributed by atoms with van der Waals surface area (Å²) in [6, 6.07) is 0. The zero-order valence-electron chi connectivity index (χ0n) is 12.7. The summed E-state index contributed by atoms with van der Waals surface area (Å²) in [5.74, 6) is 1.13. The number of rotatable bonds is 14. The van der Waals surface area contributed by atoms with Gasteiger partial charge in [0.25, 0.3) is 0 Å². The van der Waals surface area contributed by atoms with Crippen LogP contribution in [0, 0.1) is 0 Å². The van der Waals surface area contributed by atoms with E-state index < -0.39 is 9.10 Å². The minimum atomic E-state index is -0.833. The standard InChI is InChI=1S/C12H33BN4S2/c1-2-19(13,18)17-12-6-11-16-9-4-3-8-15-10-5-7-14/h15-18H,2-14H2,1H3. The van der Waals surface area contributed by atoms with Gasteiger partial charge >= 0.3 is 0 Å². The highest BCUT2D eigenvalue weighted by molar-refractivity contribution is 8.95.